The second-order valence-corrected chi connectivity index (χ2v) is 6.67. The number of carbonyl (C=O) groups is 1. The fourth-order valence-electron chi connectivity index (χ4n) is 3.38. The summed E-state index contributed by atoms with van der Waals surface area (Å²) in [7, 11) is 0. The Balaban J connectivity index is 1.98. The van der Waals surface area contributed by atoms with Gasteiger partial charge in [-0.05, 0) is 38.3 Å². The number of hydrogen-bond donors (Lipinski definition) is 1. The summed E-state index contributed by atoms with van der Waals surface area (Å²) in [5.41, 5.74) is 1.16. The minimum atomic E-state index is -0.546. The van der Waals surface area contributed by atoms with E-state index < -0.39 is 15.8 Å². The third-order valence-corrected chi connectivity index (χ3v) is 4.88. The summed E-state index contributed by atoms with van der Waals surface area (Å²) in [4.78, 5) is 36.2. The van der Waals surface area contributed by atoms with Gasteiger partial charge < -0.3 is 10.2 Å². The van der Waals surface area contributed by atoms with E-state index in [1.807, 2.05) is 4.90 Å². The second-order valence-electron chi connectivity index (χ2n) is 6.67. The SMILES string of the molecule is Cc1c(NC(=O)c2cc([N+](=O)[O-])ccc2N2CCCCC2)cccc1[N+](=O)[O-]. The molecule has 0 saturated carbocycles. The molecule has 0 aliphatic carbocycles. The monoisotopic (exact) mass is 384 g/mol. The minimum Gasteiger partial charge on any atom is -0.371 e. The molecule has 0 aromatic heterocycles. The summed E-state index contributed by atoms with van der Waals surface area (Å²) in [6.07, 6.45) is 3.09. The van der Waals surface area contributed by atoms with Crippen molar-refractivity contribution in [1.82, 2.24) is 0 Å². The number of nitro groups is 2. The molecule has 146 valence electrons. The molecule has 1 fully saturated rings. The third-order valence-electron chi connectivity index (χ3n) is 4.88. The summed E-state index contributed by atoms with van der Waals surface area (Å²) in [5.74, 6) is -0.534. The van der Waals surface area contributed by atoms with Crippen LogP contribution >= 0.6 is 0 Å². The van der Waals surface area contributed by atoms with Crippen LogP contribution in [-0.2, 0) is 0 Å². The summed E-state index contributed by atoms with van der Waals surface area (Å²) >= 11 is 0. The predicted molar refractivity (Wildman–Crippen MR) is 105 cm³/mol. The van der Waals surface area contributed by atoms with Gasteiger partial charge in [0.25, 0.3) is 17.3 Å². The normalized spacial score (nSPS) is 13.8. The van der Waals surface area contributed by atoms with Crippen LogP contribution in [0.2, 0.25) is 0 Å². The highest BCUT2D eigenvalue weighted by Crippen LogP contribution is 2.30. The van der Waals surface area contributed by atoms with Gasteiger partial charge in [-0.15, -0.1) is 0 Å². The Labute approximate surface area is 161 Å². The Morgan fingerprint density at radius 2 is 1.75 bits per heavy atom. The molecular weight excluding hydrogens is 364 g/mol. The first-order valence-corrected chi connectivity index (χ1v) is 8.97. The van der Waals surface area contributed by atoms with E-state index >= 15 is 0 Å². The van der Waals surface area contributed by atoms with E-state index in [1.54, 1.807) is 19.1 Å². The van der Waals surface area contributed by atoms with Crippen molar-refractivity contribution >= 4 is 28.7 Å². The number of non-ortho nitro benzene ring substituents is 1. The van der Waals surface area contributed by atoms with Crippen LogP contribution in [0.4, 0.5) is 22.7 Å². The highest BCUT2D eigenvalue weighted by atomic mass is 16.6. The number of carbonyl (C=O) groups excluding carboxylic acids is 1. The van der Waals surface area contributed by atoms with Crippen LogP contribution in [0.15, 0.2) is 36.4 Å². The van der Waals surface area contributed by atoms with Crippen LogP contribution in [0.1, 0.15) is 35.2 Å². The number of amides is 1. The molecule has 28 heavy (non-hydrogen) atoms. The Bertz CT molecular complexity index is 938. The molecule has 0 unspecified atom stereocenters. The van der Waals surface area contributed by atoms with E-state index in [-0.39, 0.29) is 16.9 Å². The van der Waals surface area contributed by atoms with Gasteiger partial charge in [0.1, 0.15) is 0 Å². The summed E-state index contributed by atoms with van der Waals surface area (Å²) < 4.78 is 0. The van der Waals surface area contributed by atoms with Crippen LogP contribution in [0, 0.1) is 27.2 Å². The largest absolute Gasteiger partial charge is 0.371 e. The van der Waals surface area contributed by atoms with Gasteiger partial charge in [-0.1, -0.05) is 6.07 Å². The number of nitrogens with zero attached hydrogens (tertiary/aromatic N) is 3. The van der Waals surface area contributed by atoms with E-state index in [1.165, 1.54) is 24.3 Å². The molecule has 1 aliphatic rings. The zero-order valence-corrected chi connectivity index (χ0v) is 15.4. The van der Waals surface area contributed by atoms with Crippen LogP contribution in [0.25, 0.3) is 0 Å². The topological polar surface area (TPSA) is 119 Å². The maximum absolute atomic E-state index is 13.0. The number of benzene rings is 2. The Morgan fingerprint density at radius 1 is 1.04 bits per heavy atom. The summed E-state index contributed by atoms with van der Waals surface area (Å²) in [6.45, 7) is 3.09. The summed E-state index contributed by atoms with van der Waals surface area (Å²) in [6, 6.07) is 8.65. The molecule has 9 heteroatoms. The number of piperidine rings is 1. The first-order chi connectivity index (χ1) is 13.4. The molecule has 2 aromatic carbocycles. The smallest absolute Gasteiger partial charge is 0.274 e. The van der Waals surface area contributed by atoms with Crippen molar-refractivity contribution in [2.75, 3.05) is 23.3 Å². The van der Waals surface area contributed by atoms with E-state index in [2.05, 4.69) is 5.32 Å². The summed E-state index contributed by atoms with van der Waals surface area (Å²) in [5, 5.41) is 25.0. The van der Waals surface area contributed by atoms with E-state index in [9.17, 15) is 25.0 Å². The highest BCUT2D eigenvalue weighted by Gasteiger charge is 2.23. The molecule has 3 rings (SSSR count). The quantitative estimate of drug-likeness (QED) is 0.613. The lowest BCUT2D eigenvalue weighted by molar-refractivity contribution is -0.385. The number of hydrogen-bond acceptors (Lipinski definition) is 6. The molecule has 1 saturated heterocycles. The molecule has 0 spiro atoms. The molecule has 1 amide bonds. The van der Waals surface area contributed by atoms with E-state index in [4.69, 9.17) is 0 Å². The molecule has 0 atom stereocenters. The molecule has 1 heterocycles. The number of rotatable bonds is 5. The van der Waals surface area contributed by atoms with Crippen molar-refractivity contribution in [3.8, 4) is 0 Å². The van der Waals surface area contributed by atoms with Crippen molar-refractivity contribution in [1.29, 1.82) is 0 Å². The first kappa shape index (κ1) is 19.3. The lowest BCUT2D eigenvalue weighted by atomic mass is 10.1. The fourth-order valence-corrected chi connectivity index (χ4v) is 3.38. The average molecular weight is 384 g/mol. The van der Waals surface area contributed by atoms with Gasteiger partial charge in [0, 0.05) is 31.3 Å². The van der Waals surface area contributed by atoms with Gasteiger partial charge in [-0.3, -0.25) is 25.0 Å². The molecule has 0 bridgehead atoms. The van der Waals surface area contributed by atoms with Gasteiger partial charge in [-0.25, -0.2) is 0 Å². The van der Waals surface area contributed by atoms with Crippen LogP contribution in [-0.4, -0.2) is 28.8 Å². The first-order valence-electron chi connectivity index (χ1n) is 8.97. The zero-order valence-electron chi connectivity index (χ0n) is 15.4. The lowest BCUT2D eigenvalue weighted by Crippen LogP contribution is -2.31. The maximum Gasteiger partial charge on any atom is 0.274 e. The van der Waals surface area contributed by atoms with Crippen molar-refractivity contribution in [3.63, 3.8) is 0 Å². The number of anilines is 2. The molecular formula is C19H20N4O5. The highest BCUT2D eigenvalue weighted by molar-refractivity contribution is 6.09. The molecule has 2 aromatic rings. The third kappa shape index (κ3) is 3.93. The minimum absolute atomic E-state index is 0.104. The number of nitro benzene ring substituents is 2. The predicted octanol–water partition coefficient (Wildman–Crippen LogP) is 4.05. The van der Waals surface area contributed by atoms with Crippen molar-refractivity contribution < 1.29 is 14.6 Å². The van der Waals surface area contributed by atoms with Crippen molar-refractivity contribution in [2.45, 2.75) is 26.2 Å². The molecule has 0 radical (unpaired) electrons. The van der Waals surface area contributed by atoms with Crippen molar-refractivity contribution in [3.05, 3.63) is 67.8 Å². The van der Waals surface area contributed by atoms with Gasteiger partial charge >= 0.3 is 0 Å². The van der Waals surface area contributed by atoms with Crippen LogP contribution in [0.3, 0.4) is 0 Å². The maximum atomic E-state index is 13.0. The average Bonchev–Trinajstić information content (AvgIpc) is 2.69. The van der Waals surface area contributed by atoms with Crippen molar-refractivity contribution in [2.24, 2.45) is 0 Å². The van der Waals surface area contributed by atoms with Gasteiger partial charge in [-0.2, -0.15) is 0 Å². The lowest BCUT2D eigenvalue weighted by Gasteiger charge is -2.30. The van der Waals surface area contributed by atoms with E-state index in [0.29, 0.717) is 16.9 Å². The molecule has 1 aliphatic heterocycles. The van der Waals surface area contributed by atoms with Gasteiger partial charge in [0.15, 0.2) is 0 Å². The van der Waals surface area contributed by atoms with Crippen LogP contribution in [0.5, 0.6) is 0 Å². The molecule has 9 nitrogen and oxygen atoms in total. The standard InChI is InChI=1S/C19H20N4O5/c1-13-16(6-5-7-17(13)23(27)28)20-19(24)15-12-14(22(25)26)8-9-18(15)21-10-3-2-4-11-21/h5-9,12H,2-4,10-11H2,1H3,(H,20,24). The number of nitrogens with one attached hydrogen (secondary N) is 1. The van der Waals surface area contributed by atoms with E-state index in [0.717, 1.165) is 32.4 Å². The zero-order chi connectivity index (χ0) is 20.3. The fraction of sp³-hybridized carbons (Fsp3) is 0.316. The van der Waals surface area contributed by atoms with Gasteiger partial charge in [0.2, 0.25) is 0 Å². The van der Waals surface area contributed by atoms with Gasteiger partial charge in [0.05, 0.1) is 32.3 Å². The Hall–Kier alpha value is -3.49. The van der Waals surface area contributed by atoms with Crippen LogP contribution < -0.4 is 10.2 Å². The molecule has 1 N–H and O–H groups in total. The second kappa shape index (κ2) is 8.03. The Morgan fingerprint density at radius 3 is 2.39 bits per heavy atom. The Kier molecular flexibility index (Phi) is 5.53.